The van der Waals surface area contributed by atoms with Crippen molar-refractivity contribution >= 4 is 17.5 Å². The molecule has 0 bridgehead atoms. The number of allylic oxidation sites excluding steroid dienone is 3. The van der Waals surface area contributed by atoms with E-state index in [4.69, 9.17) is 30.4 Å². The molecule has 0 saturated carbocycles. The number of carbonyl (C=O) groups excluding carboxylic acids is 2. The summed E-state index contributed by atoms with van der Waals surface area (Å²) in [5.74, 6) is -1.21. The molecule has 1 spiro atoms. The predicted octanol–water partition coefficient (Wildman–Crippen LogP) is 5.15. The van der Waals surface area contributed by atoms with Gasteiger partial charge >= 0.3 is 11.9 Å². The molecule has 41 heavy (non-hydrogen) atoms. The number of hydrogen-bond donors (Lipinski definition) is 2. The molecule has 0 unspecified atom stereocenters. The molecule has 0 amide bonds. The third-order valence-corrected chi connectivity index (χ3v) is 7.56. The highest BCUT2D eigenvalue weighted by molar-refractivity contribution is 5.88. The highest BCUT2D eigenvalue weighted by Gasteiger charge is 2.37. The fourth-order valence-corrected chi connectivity index (χ4v) is 5.23. The number of nitrogens with two attached hydrogens (primary N) is 2. The Hall–Kier alpha value is -3.30. The molecule has 8 heteroatoms. The second-order valence-electron chi connectivity index (χ2n) is 10.6. The number of unbranched alkanes of at least 4 members (excludes halogenated alkanes) is 1. The molecule has 1 saturated heterocycles. The van der Waals surface area contributed by atoms with Crippen molar-refractivity contribution in [2.24, 2.45) is 11.5 Å². The zero-order valence-corrected chi connectivity index (χ0v) is 23.9. The van der Waals surface area contributed by atoms with Crippen LogP contribution in [0.4, 0.5) is 0 Å². The quantitative estimate of drug-likeness (QED) is 0.149. The van der Waals surface area contributed by atoms with Gasteiger partial charge in [-0.3, -0.25) is 4.79 Å². The first-order valence-electron chi connectivity index (χ1n) is 14.5. The molecule has 2 aromatic carbocycles. The maximum absolute atomic E-state index is 12.5. The van der Waals surface area contributed by atoms with Gasteiger partial charge in [0.25, 0.3) is 0 Å². The molecular weight excluding hydrogens is 520 g/mol. The van der Waals surface area contributed by atoms with Crippen molar-refractivity contribution in [1.29, 1.82) is 0 Å². The zero-order valence-electron chi connectivity index (χ0n) is 23.9. The highest BCUT2D eigenvalue weighted by atomic mass is 16.7. The highest BCUT2D eigenvalue weighted by Crippen LogP contribution is 2.38. The lowest BCUT2D eigenvalue weighted by Gasteiger charge is -2.30. The van der Waals surface area contributed by atoms with Crippen LogP contribution in [-0.2, 0) is 30.4 Å². The molecule has 1 aliphatic carbocycles. The van der Waals surface area contributed by atoms with Crippen LogP contribution in [0.25, 0.3) is 5.57 Å². The molecule has 0 aromatic heterocycles. The summed E-state index contributed by atoms with van der Waals surface area (Å²) in [5, 5.41) is 0. The molecule has 8 nitrogen and oxygen atoms in total. The van der Waals surface area contributed by atoms with Crippen LogP contribution >= 0.6 is 0 Å². The second kappa shape index (κ2) is 15.1. The Morgan fingerprint density at radius 3 is 2.56 bits per heavy atom. The minimum absolute atomic E-state index is 0.0355. The Bertz CT molecular complexity index is 1220. The van der Waals surface area contributed by atoms with Gasteiger partial charge in [-0.25, -0.2) is 4.79 Å². The van der Waals surface area contributed by atoms with E-state index in [1.807, 2.05) is 43.3 Å². The van der Waals surface area contributed by atoms with Gasteiger partial charge in [-0.1, -0.05) is 55.0 Å². The Morgan fingerprint density at radius 1 is 1.10 bits per heavy atom. The van der Waals surface area contributed by atoms with E-state index in [0.717, 1.165) is 42.6 Å². The molecular formula is C33H42N2O6. The fraction of sp³-hybridized carbons (Fsp3) is 0.455. The second-order valence-corrected chi connectivity index (χ2v) is 10.6. The predicted molar refractivity (Wildman–Crippen MR) is 158 cm³/mol. The van der Waals surface area contributed by atoms with Gasteiger partial charge in [0.1, 0.15) is 18.4 Å². The Kier molecular flexibility index (Phi) is 11.3. The van der Waals surface area contributed by atoms with Gasteiger partial charge in [0.05, 0.1) is 19.6 Å². The van der Waals surface area contributed by atoms with Gasteiger partial charge in [-0.05, 0) is 73.2 Å². The van der Waals surface area contributed by atoms with Gasteiger partial charge < -0.3 is 30.4 Å². The van der Waals surface area contributed by atoms with Crippen molar-refractivity contribution < 1.29 is 28.5 Å². The SMILES string of the molecule is CC=C[C@H](CC(=O)OC(=O)[C@@H](N)CCCCN)c1ccc(OCc2cccc(C3=CCC4(CC3)OCCO4)c2)cc1. The first-order valence-corrected chi connectivity index (χ1v) is 14.5. The zero-order chi connectivity index (χ0) is 29.1. The van der Waals surface area contributed by atoms with Gasteiger partial charge in [0.2, 0.25) is 0 Å². The van der Waals surface area contributed by atoms with E-state index in [1.54, 1.807) is 0 Å². The molecule has 2 atom stereocenters. The maximum atomic E-state index is 12.5. The Morgan fingerprint density at radius 2 is 1.88 bits per heavy atom. The molecule has 1 fully saturated rings. The number of rotatable bonds is 13. The van der Waals surface area contributed by atoms with E-state index in [9.17, 15) is 9.59 Å². The molecule has 220 valence electrons. The van der Waals surface area contributed by atoms with E-state index in [1.165, 1.54) is 11.1 Å². The van der Waals surface area contributed by atoms with Crippen LogP contribution in [0.3, 0.4) is 0 Å². The number of ether oxygens (including phenoxy) is 4. The Balaban J connectivity index is 1.29. The van der Waals surface area contributed by atoms with Crippen LogP contribution in [-0.4, -0.2) is 43.5 Å². The van der Waals surface area contributed by atoms with Gasteiger partial charge in [-0.2, -0.15) is 0 Å². The lowest BCUT2D eigenvalue weighted by Crippen LogP contribution is -2.34. The van der Waals surface area contributed by atoms with Crippen LogP contribution in [0.15, 0.2) is 66.8 Å². The van der Waals surface area contributed by atoms with E-state index in [2.05, 4.69) is 30.3 Å². The number of benzene rings is 2. The van der Waals surface area contributed by atoms with Crippen LogP contribution in [0.2, 0.25) is 0 Å². The van der Waals surface area contributed by atoms with Crippen molar-refractivity contribution in [1.82, 2.24) is 0 Å². The van der Waals surface area contributed by atoms with Gasteiger partial charge in [0, 0.05) is 18.8 Å². The van der Waals surface area contributed by atoms with E-state index < -0.39 is 23.8 Å². The van der Waals surface area contributed by atoms with Crippen LogP contribution < -0.4 is 16.2 Å². The van der Waals surface area contributed by atoms with Crippen molar-refractivity contribution in [3.63, 3.8) is 0 Å². The summed E-state index contributed by atoms with van der Waals surface area (Å²) >= 11 is 0. The summed E-state index contributed by atoms with van der Waals surface area (Å²) in [6.07, 6.45) is 10.6. The van der Waals surface area contributed by atoms with E-state index >= 15 is 0 Å². The van der Waals surface area contributed by atoms with Crippen molar-refractivity contribution in [2.45, 2.75) is 76.2 Å². The van der Waals surface area contributed by atoms with Crippen LogP contribution in [0, 0.1) is 0 Å². The van der Waals surface area contributed by atoms with Crippen molar-refractivity contribution in [3.8, 4) is 5.75 Å². The topological polar surface area (TPSA) is 123 Å². The summed E-state index contributed by atoms with van der Waals surface area (Å²) < 4.78 is 22.8. The first-order chi connectivity index (χ1) is 19.9. The third-order valence-electron chi connectivity index (χ3n) is 7.56. The van der Waals surface area contributed by atoms with Crippen LogP contribution in [0.5, 0.6) is 5.75 Å². The van der Waals surface area contributed by atoms with Crippen LogP contribution in [0.1, 0.15) is 74.5 Å². The Labute approximate surface area is 242 Å². The first kappa shape index (κ1) is 30.7. The molecule has 1 aliphatic heterocycles. The molecule has 1 heterocycles. The van der Waals surface area contributed by atoms with Gasteiger partial charge in [-0.15, -0.1) is 0 Å². The lowest BCUT2D eigenvalue weighted by molar-refractivity contribution is -0.161. The lowest BCUT2D eigenvalue weighted by atomic mass is 9.89. The molecule has 2 aliphatic rings. The molecule has 0 radical (unpaired) electrons. The number of esters is 2. The summed E-state index contributed by atoms with van der Waals surface area (Å²) in [4.78, 5) is 24.7. The summed E-state index contributed by atoms with van der Waals surface area (Å²) in [6.45, 7) is 4.21. The average molecular weight is 563 g/mol. The summed E-state index contributed by atoms with van der Waals surface area (Å²) in [5.41, 5.74) is 15.8. The maximum Gasteiger partial charge on any atom is 0.330 e. The molecule has 2 aromatic rings. The monoisotopic (exact) mass is 562 g/mol. The fourth-order valence-electron chi connectivity index (χ4n) is 5.23. The smallest absolute Gasteiger partial charge is 0.330 e. The number of hydrogen-bond acceptors (Lipinski definition) is 8. The van der Waals surface area contributed by atoms with Crippen molar-refractivity contribution in [2.75, 3.05) is 19.8 Å². The average Bonchev–Trinajstić information content (AvgIpc) is 3.44. The minimum atomic E-state index is -0.824. The number of carbonyl (C=O) groups is 2. The minimum Gasteiger partial charge on any atom is -0.489 e. The normalized spacial score (nSPS) is 17.8. The van der Waals surface area contributed by atoms with Gasteiger partial charge in [0.15, 0.2) is 5.79 Å². The summed E-state index contributed by atoms with van der Waals surface area (Å²) in [7, 11) is 0. The molecule has 4 N–H and O–H groups in total. The summed E-state index contributed by atoms with van der Waals surface area (Å²) in [6, 6.07) is 15.3. The van der Waals surface area contributed by atoms with E-state index in [0.29, 0.717) is 39.2 Å². The molecule has 4 rings (SSSR count). The standard InChI is InChI=1S/C33H42N2O6/c1-2-6-27(22-31(36)41-32(37)30(35)9-3-4-18-34)25-10-12-29(13-11-25)38-23-24-7-5-8-28(21-24)26-14-16-33(17-15-26)39-19-20-40-33/h2,5-8,10-14,21,27,30H,3-4,9,15-20,22-23,34-35H2,1H3/t27-,30+/m1/s1. The largest absolute Gasteiger partial charge is 0.489 e. The third kappa shape index (κ3) is 8.84. The van der Waals surface area contributed by atoms with E-state index in [-0.39, 0.29) is 12.3 Å². The van der Waals surface area contributed by atoms with Crippen molar-refractivity contribution in [3.05, 3.63) is 83.4 Å².